The number of carbonyl (C=O) groups excluding carboxylic acids is 2. The van der Waals surface area contributed by atoms with Crippen LogP contribution in [-0.2, 0) is 9.59 Å². The van der Waals surface area contributed by atoms with Crippen LogP contribution in [0.4, 0.5) is 0 Å². The van der Waals surface area contributed by atoms with Crippen molar-refractivity contribution in [2.45, 2.75) is 102 Å². The van der Waals surface area contributed by atoms with E-state index in [2.05, 4.69) is 10.6 Å². The minimum Gasteiger partial charge on any atom is -0.353 e. The van der Waals surface area contributed by atoms with E-state index in [0.717, 1.165) is 18.4 Å². The molecule has 0 aliphatic heterocycles. The molecule has 0 spiro atoms. The molecule has 1 aliphatic rings. The van der Waals surface area contributed by atoms with E-state index in [1.165, 1.54) is 57.8 Å². The summed E-state index contributed by atoms with van der Waals surface area (Å²) in [6.07, 6.45) is 14.3. The summed E-state index contributed by atoms with van der Waals surface area (Å²) in [5, 5.41) is 6.17. The van der Waals surface area contributed by atoms with Gasteiger partial charge in [-0.05, 0) is 25.3 Å². The van der Waals surface area contributed by atoms with Gasteiger partial charge in [-0.1, -0.05) is 88.1 Å². The maximum atomic E-state index is 12.4. The summed E-state index contributed by atoms with van der Waals surface area (Å²) in [7, 11) is 0. The summed E-state index contributed by atoms with van der Waals surface area (Å²) in [5.41, 5.74) is 1.08. The lowest BCUT2D eigenvalue weighted by atomic mass is 9.98. The molecule has 1 saturated carbocycles. The predicted molar refractivity (Wildman–Crippen MR) is 115 cm³/mol. The Hall–Kier alpha value is -1.84. The normalized spacial score (nSPS) is 18.3. The smallest absolute Gasteiger partial charge is 0.220 e. The maximum Gasteiger partial charge on any atom is 0.220 e. The highest BCUT2D eigenvalue weighted by atomic mass is 16.2. The minimum absolute atomic E-state index is 0.0135. The summed E-state index contributed by atoms with van der Waals surface area (Å²) in [6, 6.07) is 10.1. The zero-order chi connectivity index (χ0) is 20.0. The van der Waals surface area contributed by atoms with E-state index in [1.807, 2.05) is 37.3 Å². The summed E-state index contributed by atoms with van der Waals surface area (Å²) in [6.45, 7) is 1.97. The van der Waals surface area contributed by atoms with Crippen molar-refractivity contribution in [2.75, 3.05) is 0 Å². The van der Waals surface area contributed by atoms with Crippen molar-refractivity contribution in [3.05, 3.63) is 35.9 Å². The van der Waals surface area contributed by atoms with Crippen LogP contribution in [0.3, 0.4) is 0 Å². The molecule has 1 aromatic carbocycles. The van der Waals surface area contributed by atoms with E-state index in [4.69, 9.17) is 0 Å². The molecule has 0 unspecified atom stereocenters. The van der Waals surface area contributed by atoms with Crippen LogP contribution >= 0.6 is 0 Å². The molecule has 1 atom stereocenters. The third-order valence-corrected chi connectivity index (χ3v) is 5.73. The number of nitrogens with one attached hydrogen (secondary N) is 2. The lowest BCUT2D eigenvalue weighted by Crippen LogP contribution is -2.36. The van der Waals surface area contributed by atoms with Gasteiger partial charge in [-0.25, -0.2) is 0 Å². The first-order valence-corrected chi connectivity index (χ1v) is 11.3. The van der Waals surface area contributed by atoms with Gasteiger partial charge in [0.15, 0.2) is 0 Å². The molecule has 1 aromatic rings. The topological polar surface area (TPSA) is 58.2 Å². The molecule has 2 N–H and O–H groups in total. The van der Waals surface area contributed by atoms with Crippen LogP contribution in [0.2, 0.25) is 0 Å². The van der Waals surface area contributed by atoms with Crippen molar-refractivity contribution >= 4 is 11.8 Å². The fourth-order valence-electron chi connectivity index (χ4n) is 3.97. The Morgan fingerprint density at radius 1 is 0.821 bits per heavy atom. The Kier molecular flexibility index (Phi) is 10.7. The average Bonchev–Trinajstić information content (AvgIpc) is 2.69. The Morgan fingerprint density at radius 3 is 1.89 bits per heavy atom. The van der Waals surface area contributed by atoms with E-state index in [0.29, 0.717) is 0 Å². The lowest BCUT2D eigenvalue weighted by Gasteiger charge is -2.20. The van der Waals surface area contributed by atoms with Gasteiger partial charge >= 0.3 is 0 Å². The van der Waals surface area contributed by atoms with Crippen LogP contribution in [0.25, 0.3) is 0 Å². The number of benzene rings is 1. The number of carbonyl (C=O) groups is 2. The van der Waals surface area contributed by atoms with E-state index >= 15 is 0 Å². The molecule has 156 valence electrons. The SMILES string of the molecule is C[C@@H](NC(=O)CCC(=O)NC1CCCCCCCCCCC1)c1ccccc1. The second kappa shape index (κ2) is 13.4. The largest absolute Gasteiger partial charge is 0.353 e. The highest BCUT2D eigenvalue weighted by molar-refractivity contribution is 5.84. The second-order valence-corrected chi connectivity index (χ2v) is 8.22. The Labute approximate surface area is 170 Å². The molecule has 0 aromatic heterocycles. The molecule has 1 fully saturated rings. The molecule has 0 saturated heterocycles. The van der Waals surface area contributed by atoms with E-state index in [9.17, 15) is 9.59 Å². The highest BCUT2D eigenvalue weighted by Gasteiger charge is 2.15. The molecule has 2 rings (SSSR count). The van der Waals surface area contributed by atoms with Gasteiger partial charge in [0.25, 0.3) is 0 Å². The number of amides is 2. The Balaban J connectivity index is 1.69. The van der Waals surface area contributed by atoms with Crippen molar-refractivity contribution in [3.8, 4) is 0 Å². The van der Waals surface area contributed by atoms with Crippen LogP contribution < -0.4 is 10.6 Å². The van der Waals surface area contributed by atoms with Crippen LogP contribution in [0.15, 0.2) is 30.3 Å². The summed E-state index contributed by atoms with van der Waals surface area (Å²) >= 11 is 0. The fourth-order valence-corrected chi connectivity index (χ4v) is 3.97. The quantitative estimate of drug-likeness (QED) is 0.684. The highest BCUT2D eigenvalue weighted by Crippen LogP contribution is 2.17. The van der Waals surface area contributed by atoms with Gasteiger partial charge in [0.1, 0.15) is 0 Å². The molecule has 28 heavy (non-hydrogen) atoms. The molecule has 1 aliphatic carbocycles. The van der Waals surface area contributed by atoms with Gasteiger partial charge in [0.05, 0.1) is 6.04 Å². The number of hydrogen-bond acceptors (Lipinski definition) is 2. The van der Waals surface area contributed by atoms with Crippen molar-refractivity contribution in [3.63, 3.8) is 0 Å². The first kappa shape index (κ1) is 22.4. The fraction of sp³-hybridized carbons (Fsp3) is 0.667. The standard InChI is InChI=1S/C24H38N2O2/c1-20(21-14-10-9-11-15-21)25-23(27)18-19-24(28)26-22-16-12-7-5-3-2-4-6-8-13-17-22/h9-11,14-15,20,22H,2-8,12-13,16-19H2,1H3,(H,25,27)(H,26,28)/t20-/m1/s1. The molecular formula is C24H38N2O2. The zero-order valence-electron chi connectivity index (χ0n) is 17.6. The first-order chi connectivity index (χ1) is 13.6. The van der Waals surface area contributed by atoms with Crippen LogP contribution in [-0.4, -0.2) is 17.9 Å². The van der Waals surface area contributed by atoms with Gasteiger partial charge in [0, 0.05) is 18.9 Å². The summed E-state index contributed by atoms with van der Waals surface area (Å²) < 4.78 is 0. The summed E-state index contributed by atoms with van der Waals surface area (Å²) in [4.78, 5) is 24.5. The maximum absolute atomic E-state index is 12.4. The van der Waals surface area contributed by atoms with E-state index < -0.39 is 0 Å². The minimum atomic E-state index is -0.0646. The molecule has 4 heteroatoms. The first-order valence-electron chi connectivity index (χ1n) is 11.3. The second-order valence-electron chi connectivity index (χ2n) is 8.22. The third-order valence-electron chi connectivity index (χ3n) is 5.73. The Bertz CT molecular complexity index is 561. The molecule has 0 radical (unpaired) electrons. The van der Waals surface area contributed by atoms with E-state index in [1.54, 1.807) is 0 Å². The van der Waals surface area contributed by atoms with Crippen LogP contribution in [0, 0.1) is 0 Å². The lowest BCUT2D eigenvalue weighted by molar-refractivity contribution is -0.127. The zero-order valence-corrected chi connectivity index (χ0v) is 17.6. The Morgan fingerprint density at radius 2 is 1.32 bits per heavy atom. The van der Waals surface area contributed by atoms with Gasteiger partial charge in [-0.3, -0.25) is 9.59 Å². The van der Waals surface area contributed by atoms with Crippen molar-refractivity contribution in [1.29, 1.82) is 0 Å². The van der Waals surface area contributed by atoms with Crippen molar-refractivity contribution in [2.24, 2.45) is 0 Å². The van der Waals surface area contributed by atoms with Gasteiger partial charge in [-0.15, -0.1) is 0 Å². The molecular weight excluding hydrogens is 348 g/mol. The molecule has 0 bridgehead atoms. The predicted octanol–water partition coefficient (Wildman–Crippen LogP) is 5.43. The third kappa shape index (κ3) is 9.38. The summed E-state index contributed by atoms with van der Waals surface area (Å²) in [5.74, 6) is -0.0511. The van der Waals surface area contributed by atoms with E-state index in [-0.39, 0.29) is 36.7 Å². The van der Waals surface area contributed by atoms with Gasteiger partial charge in [0.2, 0.25) is 11.8 Å². The molecule has 0 heterocycles. The van der Waals surface area contributed by atoms with Gasteiger partial charge in [-0.2, -0.15) is 0 Å². The van der Waals surface area contributed by atoms with Gasteiger partial charge < -0.3 is 10.6 Å². The monoisotopic (exact) mass is 386 g/mol. The number of hydrogen-bond donors (Lipinski definition) is 2. The number of rotatable bonds is 6. The molecule has 2 amide bonds. The average molecular weight is 387 g/mol. The van der Waals surface area contributed by atoms with Crippen molar-refractivity contribution in [1.82, 2.24) is 10.6 Å². The molecule has 4 nitrogen and oxygen atoms in total. The van der Waals surface area contributed by atoms with Crippen molar-refractivity contribution < 1.29 is 9.59 Å². The van der Waals surface area contributed by atoms with Crippen LogP contribution in [0.5, 0.6) is 0 Å². The van der Waals surface area contributed by atoms with Crippen LogP contribution in [0.1, 0.15) is 102 Å².